The van der Waals surface area contributed by atoms with Crippen molar-refractivity contribution in [2.45, 2.75) is 0 Å². The van der Waals surface area contributed by atoms with Gasteiger partial charge in [-0.3, -0.25) is 4.79 Å². The lowest BCUT2D eigenvalue weighted by molar-refractivity contribution is 0.102. The maximum atomic E-state index is 13.5. The topological polar surface area (TPSA) is 42.0 Å². The predicted octanol–water partition coefficient (Wildman–Crippen LogP) is 3.40. The van der Waals surface area contributed by atoms with Crippen LogP contribution in [0.3, 0.4) is 0 Å². The Labute approximate surface area is 111 Å². The van der Waals surface area contributed by atoms with Crippen molar-refractivity contribution in [2.75, 3.05) is 5.32 Å². The number of rotatable bonds is 2. The second-order valence-electron chi connectivity index (χ2n) is 3.57. The van der Waals surface area contributed by atoms with E-state index < -0.39 is 34.1 Å². The molecule has 1 amide bonds. The Morgan fingerprint density at radius 3 is 2.53 bits per heavy atom. The first-order valence-electron chi connectivity index (χ1n) is 5.05. The summed E-state index contributed by atoms with van der Waals surface area (Å²) in [5.74, 6) is -3.48. The number of anilines is 1. The average Bonchev–Trinajstić information content (AvgIpc) is 2.36. The minimum Gasteiger partial charge on any atom is -0.320 e. The summed E-state index contributed by atoms with van der Waals surface area (Å²) in [6.45, 7) is 0. The van der Waals surface area contributed by atoms with Gasteiger partial charge in [-0.15, -0.1) is 0 Å². The van der Waals surface area contributed by atoms with Crippen LogP contribution >= 0.6 is 11.6 Å². The predicted molar refractivity (Wildman–Crippen MR) is 63.5 cm³/mol. The number of carbonyl (C=O) groups excluding carboxylic acids is 1. The highest BCUT2D eigenvalue weighted by Gasteiger charge is 2.15. The first-order chi connectivity index (χ1) is 8.97. The molecule has 7 heteroatoms. The van der Waals surface area contributed by atoms with Gasteiger partial charge in [0.1, 0.15) is 11.6 Å². The van der Waals surface area contributed by atoms with Crippen molar-refractivity contribution in [1.29, 1.82) is 0 Å². The fraction of sp³-hybridized carbons (Fsp3) is 0. The van der Waals surface area contributed by atoms with Crippen LogP contribution in [0, 0.1) is 17.6 Å². The molecular weight excluding hydrogens is 281 g/mol. The van der Waals surface area contributed by atoms with Crippen LogP contribution in [0.1, 0.15) is 10.4 Å². The van der Waals surface area contributed by atoms with Gasteiger partial charge < -0.3 is 5.32 Å². The summed E-state index contributed by atoms with van der Waals surface area (Å²) in [4.78, 5) is 15.0. The Morgan fingerprint density at radius 1 is 1.16 bits per heavy atom. The number of benzene rings is 1. The lowest BCUT2D eigenvalue weighted by atomic mass is 10.2. The third-order valence-corrected chi connectivity index (χ3v) is 2.53. The van der Waals surface area contributed by atoms with Crippen molar-refractivity contribution in [3.05, 3.63) is 58.6 Å². The molecule has 19 heavy (non-hydrogen) atoms. The summed E-state index contributed by atoms with van der Waals surface area (Å²) in [7, 11) is 0. The molecule has 0 aliphatic heterocycles. The van der Waals surface area contributed by atoms with Crippen LogP contribution in [0.4, 0.5) is 18.9 Å². The van der Waals surface area contributed by atoms with Gasteiger partial charge in [-0.25, -0.2) is 13.8 Å². The summed E-state index contributed by atoms with van der Waals surface area (Å²) in [5, 5.41) is 1.84. The normalized spacial score (nSPS) is 10.3. The van der Waals surface area contributed by atoms with Crippen molar-refractivity contribution < 1.29 is 18.0 Å². The number of pyridine rings is 1. The number of nitrogens with zero attached hydrogens (tertiary/aromatic N) is 1. The van der Waals surface area contributed by atoms with Crippen LogP contribution < -0.4 is 5.32 Å². The van der Waals surface area contributed by atoms with Crippen molar-refractivity contribution in [1.82, 2.24) is 4.98 Å². The smallest absolute Gasteiger partial charge is 0.258 e. The van der Waals surface area contributed by atoms with Crippen LogP contribution in [0.5, 0.6) is 0 Å². The number of hydrogen-bond donors (Lipinski definition) is 1. The molecule has 1 heterocycles. The zero-order valence-electron chi connectivity index (χ0n) is 9.25. The van der Waals surface area contributed by atoms with Gasteiger partial charge in [-0.2, -0.15) is 4.39 Å². The lowest BCUT2D eigenvalue weighted by Gasteiger charge is -2.06. The summed E-state index contributed by atoms with van der Waals surface area (Å²) in [6.07, 6.45) is 1.05. The number of halogens is 4. The molecule has 0 unspecified atom stereocenters. The molecule has 0 spiro atoms. The monoisotopic (exact) mass is 286 g/mol. The highest BCUT2D eigenvalue weighted by Crippen LogP contribution is 2.20. The Bertz CT molecular complexity index is 632. The maximum absolute atomic E-state index is 13.5. The molecule has 0 bridgehead atoms. The van der Waals surface area contributed by atoms with Gasteiger partial charge in [0.05, 0.1) is 22.5 Å². The van der Waals surface area contributed by atoms with Gasteiger partial charge >= 0.3 is 0 Å². The first-order valence-corrected chi connectivity index (χ1v) is 5.42. The van der Waals surface area contributed by atoms with Crippen LogP contribution in [0.2, 0.25) is 5.02 Å². The van der Waals surface area contributed by atoms with E-state index in [-0.39, 0.29) is 5.69 Å². The molecule has 2 aromatic rings. The van der Waals surface area contributed by atoms with Gasteiger partial charge in [0.2, 0.25) is 5.95 Å². The van der Waals surface area contributed by atoms with Crippen molar-refractivity contribution in [3.8, 4) is 0 Å². The van der Waals surface area contributed by atoms with Crippen LogP contribution in [-0.4, -0.2) is 10.9 Å². The highest BCUT2D eigenvalue weighted by atomic mass is 35.5. The molecule has 0 saturated heterocycles. The summed E-state index contributed by atoms with van der Waals surface area (Å²) in [6, 6.07) is 3.65. The minimum atomic E-state index is -0.959. The van der Waals surface area contributed by atoms with E-state index in [4.69, 9.17) is 11.6 Å². The third kappa shape index (κ3) is 3.03. The third-order valence-electron chi connectivity index (χ3n) is 2.24. The summed E-state index contributed by atoms with van der Waals surface area (Å²) in [5.41, 5.74) is -0.354. The van der Waals surface area contributed by atoms with Gasteiger partial charge in [0.15, 0.2) is 0 Å². The quantitative estimate of drug-likeness (QED) is 0.679. The average molecular weight is 287 g/mol. The van der Waals surface area contributed by atoms with Gasteiger partial charge in [-0.05, 0) is 24.3 Å². The molecule has 0 aliphatic rings. The van der Waals surface area contributed by atoms with Crippen molar-refractivity contribution in [2.24, 2.45) is 0 Å². The molecule has 0 radical (unpaired) electrons. The Balaban J connectivity index is 2.25. The van der Waals surface area contributed by atoms with E-state index in [1.165, 1.54) is 6.07 Å². The fourth-order valence-electron chi connectivity index (χ4n) is 1.34. The molecule has 98 valence electrons. The largest absolute Gasteiger partial charge is 0.320 e. The maximum Gasteiger partial charge on any atom is 0.258 e. The number of amides is 1. The van der Waals surface area contributed by atoms with Gasteiger partial charge in [0.25, 0.3) is 5.91 Å². The van der Waals surface area contributed by atoms with Gasteiger partial charge in [0, 0.05) is 0 Å². The second kappa shape index (κ2) is 5.27. The summed E-state index contributed by atoms with van der Waals surface area (Å²) >= 11 is 5.37. The number of nitrogens with one attached hydrogen (secondary N) is 1. The van der Waals surface area contributed by atoms with Gasteiger partial charge in [-0.1, -0.05) is 11.6 Å². The minimum absolute atomic E-state index is 0.154. The van der Waals surface area contributed by atoms with E-state index in [2.05, 4.69) is 10.3 Å². The first kappa shape index (κ1) is 13.4. The molecule has 1 N–H and O–H groups in total. The molecule has 0 aliphatic carbocycles. The van der Waals surface area contributed by atoms with Crippen molar-refractivity contribution in [3.63, 3.8) is 0 Å². The SMILES string of the molecule is O=C(Nc1ccc(F)nc1)c1cc(F)c(Cl)cc1F. The van der Waals surface area contributed by atoms with Crippen molar-refractivity contribution >= 4 is 23.2 Å². The van der Waals surface area contributed by atoms with E-state index >= 15 is 0 Å². The molecule has 2 rings (SSSR count). The van der Waals surface area contributed by atoms with E-state index in [9.17, 15) is 18.0 Å². The van der Waals surface area contributed by atoms with Crippen LogP contribution in [-0.2, 0) is 0 Å². The zero-order valence-corrected chi connectivity index (χ0v) is 10.0. The van der Waals surface area contributed by atoms with E-state index in [1.54, 1.807) is 0 Å². The Kier molecular flexibility index (Phi) is 3.71. The van der Waals surface area contributed by atoms with E-state index in [1.807, 2.05) is 0 Å². The molecule has 0 atom stereocenters. The number of hydrogen-bond acceptors (Lipinski definition) is 2. The van der Waals surface area contributed by atoms with Crippen LogP contribution in [0.25, 0.3) is 0 Å². The highest BCUT2D eigenvalue weighted by molar-refractivity contribution is 6.30. The molecule has 1 aromatic carbocycles. The molecule has 0 fully saturated rings. The molecule has 0 saturated carbocycles. The van der Waals surface area contributed by atoms with Crippen LogP contribution in [0.15, 0.2) is 30.5 Å². The fourth-order valence-corrected chi connectivity index (χ4v) is 1.50. The second-order valence-corrected chi connectivity index (χ2v) is 3.98. The Hall–Kier alpha value is -2.08. The van der Waals surface area contributed by atoms with E-state index in [0.29, 0.717) is 12.1 Å². The van der Waals surface area contributed by atoms with E-state index in [0.717, 1.165) is 12.3 Å². The number of aromatic nitrogens is 1. The zero-order chi connectivity index (χ0) is 14.0. The number of carbonyl (C=O) groups is 1. The molecule has 3 nitrogen and oxygen atoms in total. The summed E-state index contributed by atoms with van der Waals surface area (Å²) < 4.78 is 39.2. The standard InChI is InChI=1S/C12H6ClF3N2O/c13-8-4-9(14)7(3-10(8)15)12(19)18-6-1-2-11(16)17-5-6/h1-5H,(H,18,19). The Morgan fingerprint density at radius 2 is 1.89 bits per heavy atom. The molecule has 1 aromatic heterocycles. The molecular formula is C12H6ClF3N2O. The lowest BCUT2D eigenvalue weighted by Crippen LogP contribution is -2.14.